The second-order valence-electron chi connectivity index (χ2n) is 3.78. The summed E-state index contributed by atoms with van der Waals surface area (Å²) in [6.45, 7) is 0. The molecule has 0 aromatic heterocycles. The van der Waals surface area contributed by atoms with Crippen molar-refractivity contribution < 1.29 is 9.53 Å². The van der Waals surface area contributed by atoms with E-state index in [1.165, 1.54) is 0 Å². The van der Waals surface area contributed by atoms with E-state index in [1.54, 1.807) is 48.5 Å². The van der Waals surface area contributed by atoms with Gasteiger partial charge in [0.25, 0.3) is 0 Å². The Morgan fingerprint density at radius 2 is 1.32 bits per heavy atom. The number of ether oxygens (including phenoxy) is 1. The van der Waals surface area contributed by atoms with Gasteiger partial charge in [0.15, 0.2) is 0 Å². The normalized spacial score (nSPS) is 9.79. The van der Waals surface area contributed by atoms with Gasteiger partial charge in [0, 0.05) is 11.4 Å². The summed E-state index contributed by atoms with van der Waals surface area (Å²) in [4.78, 5) is 11.9. The molecule has 0 aliphatic rings. The van der Waals surface area contributed by atoms with Gasteiger partial charge in [-0.25, -0.2) is 4.79 Å². The monoisotopic (exact) mass is 258 g/mol. The van der Waals surface area contributed by atoms with Crippen molar-refractivity contribution in [1.82, 2.24) is 0 Å². The van der Waals surface area contributed by atoms with Crippen LogP contribution in [0.2, 0.25) is 0 Å². The number of nitrogens with two attached hydrogens (primary N) is 2. The lowest BCUT2D eigenvalue weighted by Gasteiger charge is -2.06. The number of nitrogen functional groups attached to an aromatic ring is 2. The highest BCUT2D eigenvalue weighted by Crippen LogP contribution is 2.17. The molecule has 0 aliphatic heterocycles. The van der Waals surface area contributed by atoms with Crippen LogP contribution in [0.4, 0.5) is 11.4 Å². The number of benzene rings is 2. The molecule has 6 nitrogen and oxygen atoms in total. The second kappa shape index (κ2) is 5.85. The molecule has 0 spiro atoms. The number of hydrogen-bond acceptors (Lipinski definition) is 6. The quantitative estimate of drug-likeness (QED) is 0.287. The summed E-state index contributed by atoms with van der Waals surface area (Å²) in [6, 6.07) is 13.4. The number of anilines is 2. The van der Waals surface area contributed by atoms with Crippen molar-refractivity contribution in [2.45, 2.75) is 0 Å². The first-order chi connectivity index (χ1) is 9.22. The lowest BCUT2D eigenvalue weighted by Crippen LogP contribution is -2.10. The highest BCUT2D eigenvalue weighted by atomic mass is 16.5. The molecule has 98 valence electrons. The number of nitrogens with one attached hydrogen (secondary N) is 2. The van der Waals surface area contributed by atoms with Gasteiger partial charge in [-0.15, -0.1) is 0 Å². The van der Waals surface area contributed by atoms with Crippen LogP contribution in [0.1, 0.15) is 10.4 Å². The molecular formula is C13H14N4O2. The summed E-state index contributed by atoms with van der Waals surface area (Å²) >= 11 is 0. The van der Waals surface area contributed by atoms with E-state index in [0.29, 0.717) is 11.3 Å². The minimum absolute atomic E-state index is 0.433. The maximum absolute atomic E-state index is 11.9. The SMILES string of the molecule is NNc1ccc(OC(=O)c2ccc(NN)cc2)cc1. The summed E-state index contributed by atoms with van der Waals surface area (Å²) in [7, 11) is 0. The third-order valence-electron chi connectivity index (χ3n) is 2.52. The van der Waals surface area contributed by atoms with E-state index in [9.17, 15) is 4.79 Å². The molecule has 0 heterocycles. The average molecular weight is 258 g/mol. The smallest absolute Gasteiger partial charge is 0.343 e. The Kier molecular flexibility index (Phi) is 3.97. The third-order valence-corrected chi connectivity index (χ3v) is 2.52. The van der Waals surface area contributed by atoms with Crippen molar-refractivity contribution in [2.24, 2.45) is 11.7 Å². The van der Waals surface area contributed by atoms with Crippen molar-refractivity contribution in [3.63, 3.8) is 0 Å². The van der Waals surface area contributed by atoms with Gasteiger partial charge in [-0.1, -0.05) is 0 Å². The van der Waals surface area contributed by atoms with Crippen LogP contribution >= 0.6 is 0 Å². The summed E-state index contributed by atoms with van der Waals surface area (Å²) < 4.78 is 5.21. The highest BCUT2D eigenvalue weighted by molar-refractivity contribution is 5.91. The van der Waals surface area contributed by atoms with Crippen LogP contribution in [0.15, 0.2) is 48.5 Å². The predicted octanol–water partition coefficient (Wildman–Crippen LogP) is 1.48. The molecule has 0 aliphatic carbocycles. The van der Waals surface area contributed by atoms with E-state index in [1.807, 2.05) is 0 Å². The summed E-state index contributed by atoms with van der Waals surface area (Å²) in [5, 5.41) is 0. The third kappa shape index (κ3) is 3.21. The molecule has 0 unspecified atom stereocenters. The zero-order valence-corrected chi connectivity index (χ0v) is 10.1. The molecule has 0 atom stereocenters. The maximum atomic E-state index is 11.9. The van der Waals surface area contributed by atoms with Gasteiger partial charge in [-0.2, -0.15) is 0 Å². The fourth-order valence-corrected chi connectivity index (χ4v) is 1.49. The molecule has 0 amide bonds. The van der Waals surface area contributed by atoms with E-state index in [-0.39, 0.29) is 0 Å². The van der Waals surface area contributed by atoms with Crippen molar-refractivity contribution in [3.8, 4) is 5.75 Å². The summed E-state index contributed by atoms with van der Waals surface area (Å²) in [5.74, 6) is 10.5. The minimum atomic E-state index is -0.433. The Labute approximate surface area is 110 Å². The largest absolute Gasteiger partial charge is 0.423 e. The van der Waals surface area contributed by atoms with Crippen molar-refractivity contribution >= 4 is 17.3 Å². The maximum Gasteiger partial charge on any atom is 0.343 e. The molecule has 0 saturated heterocycles. The van der Waals surface area contributed by atoms with E-state index in [2.05, 4.69) is 10.9 Å². The molecule has 2 aromatic rings. The van der Waals surface area contributed by atoms with Crippen LogP contribution in [-0.4, -0.2) is 5.97 Å². The topological polar surface area (TPSA) is 102 Å². The molecule has 0 bridgehead atoms. The molecule has 19 heavy (non-hydrogen) atoms. The molecule has 0 fully saturated rings. The van der Waals surface area contributed by atoms with Crippen LogP contribution in [0, 0.1) is 0 Å². The van der Waals surface area contributed by atoms with Gasteiger partial charge in [0.1, 0.15) is 5.75 Å². The van der Waals surface area contributed by atoms with Gasteiger partial charge in [0.2, 0.25) is 0 Å². The first kappa shape index (κ1) is 12.9. The Hall–Kier alpha value is -2.57. The Balaban J connectivity index is 2.06. The molecule has 0 saturated carbocycles. The predicted molar refractivity (Wildman–Crippen MR) is 73.5 cm³/mol. The van der Waals surface area contributed by atoms with Crippen molar-refractivity contribution in [3.05, 3.63) is 54.1 Å². The second-order valence-corrected chi connectivity index (χ2v) is 3.78. The van der Waals surface area contributed by atoms with Crippen LogP contribution < -0.4 is 27.3 Å². The Morgan fingerprint density at radius 1 is 0.842 bits per heavy atom. The molecule has 2 aromatic carbocycles. The van der Waals surface area contributed by atoms with Crippen LogP contribution in [0.5, 0.6) is 5.75 Å². The van der Waals surface area contributed by atoms with Crippen LogP contribution in [0.3, 0.4) is 0 Å². The zero-order valence-electron chi connectivity index (χ0n) is 10.1. The van der Waals surface area contributed by atoms with E-state index >= 15 is 0 Å². The molecule has 6 heteroatoms. The summed E-state index contributed by atoms with van der Waals surface area (Å²) in [6.07, 6.45) is 0. The summed E-state index contributed by atoms with van der Waals surface area (Å²) in [5.41, 5.74) is 6.87. The van der Waals surface area contributed by atoms with E-state index in [0.717, 1.165) is 11.4 Å². The van der Waals surface area contributed by atoms with Crippen LogP contribution in [0.25, 0.3) is 0 Å². The zero-order chi connectivity index (χ0) is 13.7. The van der Waals surface area contributed by atoms with Gasteiger partial charge in [-0.3, -0.25) is 11.7 Å². The fraction of sp³-hybridized carbons (Fsp3) is 0. The van der Waals surface area contributed by atoms with E-state index < -0.39 is 5.97 Å². The molecular weight excluding hydrogens is 244 g/mol. The highest BCUT2D eigenvalue weighted by Gasteiger charge is 2.08. The Morgan fingerprint density at radius 3 is 1.79 bits per heavy atom. The minimum Gasteiger partial charge on any atom is -0.423 e. The fourth-order valence-electron chi connectivity index (χ4n) is 1.49. The number of esters is 1. The lowest BCUT2D eigenvalue weighted by molar-refractivity contribution is 0.0735. The molecule has 6 N–H and O–H groups in total. The first-order valence-corrected chi connectivity index (χ1v) is 5.58. The molecule has 2 rings (SSSR count). The average Bonchev–Trinajstić information content (AvgIpc) is 2.48. The van der Waals surface area contributed by atoms with Gasteiger partial charge in [0.05, 0.1) is 5.56 Å². The van der Waals surface area contributed by atoms with E-state index in [4.69, 9.17) is 16.4 Å². The number of carbonyl (C=O) groups excluding carboxylic acids is 1. The van der Waals surface area contributed by atoms with Crippen molar-refractivity contribution in [2.75, 3.05) is 10.9 Å². The number of rotatable bonds is 4. The Bertz CT molecular complexity index is 552. The van der Waals surface area contributed by atoms with Gasteiger partial charge in [-0.05, 0) is 48.5 Å². The van der Waals surface area contributed by atoms with Crippen LogP contribution in [-0.2, 0) is 0 Å². The van der Waals surface area contributed by atoms with Gasteiger partial charge >= 0.3 is 5.97 Å². The molecule has 0 radical (unpaired) electrons. The van der Waals surface area contributed by atoms with Crippen molar-refractivity contribution in [1.29, 1.82) is 0 Å². The lowest BCUT2D eigenvalue weighted by atomic mass is 10.2. The van der Waals surface area contributed by atoms with Gasteiger partial charge < -0.3 is 15.6 Å². The number of hydrogen-bond donors (Lipinski definition) is 4. The number of carbonyl (C=O) groups is 1. The standard InChI is InChI=1S/C13H14N4O2/c14-16-10-3-1-9(2-4-10)13(18)19-12-7-5-11(17-15)6-8-12/h1-8,16-17H,14-15H2. The first-order valence-electron chi connectivity index (χ1n) is 5.58. The number of hydrazine groups is 2.